The summed E-state index contributed by atoms with van der Waals surface area (Å²) in [5.74, 6) is 0. The number of pyridine rings is 1. The summed E-state index contributed by atoms with van der Waals surface area (Å²) in [5.41, 5.74) is 7.49. The van der Waals surface area contributed by atoms with Crippen LogP contribution in [0.5, 0.6) is 0 Å². The number of hydrogen-bond donors (Lipinski definition) is 0. The molecule has 2 heteroatoms. The van der Waals surface area contributed by atoms with Gasteiger partial charge in [-0.3, -0.25) is 0 Å². The summed E-state index contributed by atoms with van der Waals surface area (Å²) in [5, 5.41) is 1.33. The molecule has 0 N–H and O–H groups in total. The summed E-state index contributed by atoms with van der Waals surface area (Å²) < 4.78 is 2.82. The fourth-order valence-corrected chi connectivity index (χ4v) is 5.22. The SMILES string of the molecule is Cc1ccc(-c2cc3cc(-c4cc(C)cc(C)c4)ncc3[se]2)cc1. The molecule has 2 heterocycles. The van der Waals surface area contributed by atoms with Crippen molar-refractivity contribution < 1.29 is 0 Å². The minimum absolute atomic E-state index is 0.346. The second-order valence-electron chi connectivity index (χ2n) is 6.46. The molecule has 2 aromatic heterocycles. The first kappa shape index (κ1) is 15.4. The molecule has 0 radical (unpaired) electrons. The Balaban J connectivity index is 1.79. The molecule has 0 amide bonds. The van der Waals surface area contributed by atoms with Crippen molar-refractivity contribution in [2.24, 2.45) is 0 Å². The number of nitrogens with zero attached hydrogens (tertiary/aromatic N) is 1. The Morgan fingerprint density at radius 3 is 2.12 bits per heavy atom. The van der Waals surface area contributed by atoms with Gasteiger partial charge in [-0.1, -0.05) is 0 Å². The zero-order valence-electron chi connectivity index (χ0n) is 14.1. The molecule has 0 aliphatic heterocycles. The Hall–Kier alpha value is -2.15. The molecule has 0 fully saturated rings. The van der Waals surface area contributed by atoms with Crippen LogP contribution >= 0.6 is 0 Å². The van der Waals surface area contributed by atoms with Crippen molar-refractivity contribution in [3.05, 3.63) is 77.5 Å². The molecule has 118 valence electrons. The third kappa shape index (κ3) is 2.96. The first-order valence-electron chi connectivity index (χ1n) is 8.14. The van der Waals surface area contributed by atoms with E-state index in [0.29, 0.717) is 14.5 Å². The van der Waals surface area contributed by atoms with Gasteiger partial charge in [0.2, 0.25) is 0 Å². The number of aromatic nitrogens is 1. The predicted molar refractivity (Wildman–Crippen MR) is 104 cm³/mol. The van der Waals surface area contributed by atoms with Crippen LogP contribution in [0.4, 0.5) is 0 Å². The van der Waals surface area contributed by atoms with E-state index in [1.165, 1.54) is 41.9 Å². The maximum absolute atomic E-state index is 4.73. The fraction of sp³-hybridized carbons (Fsp3) is 0.136. The third-order valence-corrected chi connectivity index (χ3v) is 6.64. The van der Waals surface area contributed by atoms with Crippen LogP contribution in [0.3, 0.4) is 0 Å². The van der Waals surface area contributed by atoms with Gasteiger partial charge in [0.1, 0.15) is 0 Å². The molecule has 0 bridgehead atoms. The van der Waals surface area contributed by atoms with Crippen molar-refractivity contribution >= 4 is 24.1 Å². The molecule has 0 spiro atoms. The molecule has 1 nitrogen and oxygen atoms in total. The van der Waals surface area contributed by atoms with Gasteiger partial charge in [0.25, 0.3) is 0 Å². The molecular weight excluding hydrogens is 357 g/mol. The minimum atomic E-state index is 0.346. The van der Waals surface area contributed by atoms with Crippen LogP contribution in [-0.4, -0.2) is 19.5 Å². The monoisotopic (exact) mass is 377 g/mol. The second kappa shape index (κ2) is 6.05. The molecular formula is C22H19NSe. The molecule has 0 aliphatic carbocycles. The van der Waals surface area contributed by atoms with Crippen LogP contribution in [0.1, 0.15) is 16.7 Å². The Labute approximate surface area is 148 Å². The molecule has 2 aromatic carbocycles. The zero-order chi connectivity index (χ0) is 16.7. The summed E-state index contributed by atoms with van der Waals surface area (Å²) in [6, 6.07) is 20.1. The fourth-order valence-electron chi connectivity index (χ4n) is 3.09. The molecule has 0 unspecified atom stereocenters. The van der Waals surface area contributed by atoms with E-state index in [1.807, 2.05) is 0 Å². The van der Waals surface area contributed by atoms with Gasteiger partial charge in [-0.05, 0) is 0 Å². The topological polar surface area (TPSA) is 12.9 Å². The Morgan fingerprint density at radius 2 is 1.42 bits per heavy atom. The van der Waals surface area contributed by atoms with Gasteiger partial charge in [-0.15, -0.1) is 0 Å². The van der Waals surface area contributed by atoms with E-state index in [0.717, 1.165) is 5.69 Å². The van der Waals surface area contributed by atoms with Crippen molar-refractivity contribution in [3.63, 3.8) is 0 Å². The van der Waals surface area contributed by atoms with E-state index in [4.69, 9.17) is 4.98 Å². The maximum atomic E-state index is 4.73. The van der Waals surface area contributed by atoms with Crippen molar-refractivity contribution in [2.75, 3.05) is 0 Å². The quantitative estimate of drug-likeness (QED) is 0.418. The van der Waals surface area contributed by atoms with E-state index in [-0.39, 0.29) is 0 Å². The van der Waals surface area contributed by atoms with Crippen molar-refractivity contribution in [1.82, 2.24) is 4.98 Å². The van der Waals surface area contributed by atoms with Gasteiger partial charge in [0.05, 0.1) is 0 Å². The molecule has 0 saturated carbocycles. The first-order valence-corrected chi connectivity index (χ1v) is 9.85. The van der Waals surface area contributed by atoms with Gasteiger partial charge in [0.15, 0.2) is 0 Å². The van der Waals surface area contributed by atoms with E-state index < -0.39 is 0 Å². The van der Waals surface area contributed by atoms with Crippen molar-refractivity contribution in [2.45, 2.75) is 20.8 Å². The molecule has 4 rings (SSSR count). The third-order valence-electron chi connectivity index (χ3n) is 4.26. The van der Waals surface area contributed by atoms with Gasteiger partial charge in [-0.25, -0.2) is 0 Å². The van der Waals surface area contributed by atoms with Crippen molar-refractivity contribution in [1.29, 1.82) is 0 Å². The summed E-state index contributed by atoms with van der Waals surface area (Å²) in [4.78, 5) is 4.73. The van der Waals surface area contributed by atoms with Crippen LogP contribution in [0.15, 0.2) is 60.8 Å². The Morgan fingerprint density at radius 1 is 0.708 bits per heavy atom. The van der Waals surface area contributed by atoms with Crippen LogP contribution in [0, 0.1) is 20.8 Å². The zero-order valence-corrected chi connectivity index (χ0v) is 15.8. The van der Waals surface area contributed by atoms with Crippen LogP contribution < -0.4 is 0 Å². The summed E-state index contributed by atoms with van der Waals surface area (Å²) in [6.07, 6.45) is 2.07. The molecule has 0 aliphatic rings. The standard InChI is InChI=1S/C22H19NSe/c1-14-4-6-17(7-5-14)21-12-19-11-20(23-13-22(19)24-21)18-9-15(2)8-16(3)10-18/h4-13H,1-3H3. The summed E-state index contributed by atoms with van der Waals surface area (Å²) >= 11 is 0.346. The van der Waals surface area contributed by atoms with E-state index in [2.05, 4.69) is 81.6 Å². The second-order valence-corrected chi connectivity index (χ2v) is 8.73. The summed E-state index contributed by atoms with van der Waals surface area (Å²) in [6.45, 7) is 6.41. The average Bonchev–Trinajstić information content (AvgIpc) is 2.97. The number of hydrogen-bond acceptors (Lipinski definition) is 1. The molecule has 24 heavy (non-hydrogen) atoms. The van der Waals surface area contributed by atoms with Crippen LogP contribution in [0.25, 0.3) is 30.9 Å². The van der Waals surface area contributed by atoms with E-state index in [1.54, 1.807) is 0 Å². The molecule has 0 atom stereocenters. The Bertz CT molecular complexity index is 1010. The van der Waals surface area contributed by atoms with E-state index >= 15 is 0 Å². The van der Waals surface area contributed by atoms with Gasteiger partial charge in [-0.2, -0.15) is 0 Å². The average molecular weight is 376 g/mol. The normalized spacial score (nSPS) is 11.1. The summed E-state index contributed by atoms with van der Waals surface area (Å²) in [7, 11) is 0. The number of benzene rings is 2. The van der Waals surface area contributed by atoms with E-state index in [9.17, 15) is 0 Å². The number of aryl methyl sites for hydroxylation is 3. The Kier molecular flexibility index (Phi) is 3.88. The first-order chi connectivity index (χ1) is 11.6. The van der Waals surface area contributed by atoms with Gasteiger partial charge < -0.3 is 0 Å². The van der Waals surface area contributed by atoms with Crippen molar-refractivity contribution in [3.8, 4) is 21.3 Å². The number of fused-ring (bicyclic) bond motifs is 1. The number of rotatable bonds is 2. The van der Waals surface area contributed by atoms with Gasteiger partial charge in [0, 0.05) is 0 Å². The van der Waals surface area contributed by atoms with Crippen LogP contribution in [-0.2, 0) is 0 Å². The van der Waals surface area contributed by atoms with Gasteiger partial charge >= 0.3 is 149 Å². The predicted octanol–water partition coefficient (Wildman–Crippen LogP) is 5.55. The molecule has 0 saturated heterocycles. The molecule has 4 aromatic rings. The van der Waals surface area contributed by atoms with Crippen LogP contribution in [0.2, 0.25) is 0 Å².